The predicted octanol–water partition coefficient (Wildman–Crippen LogP) is 4.42. The van der Waals surface area contributed by atoms with Crippen LogP contribution >= 0.6 is 0 Å². The molecule has 0 aliphatic carbocycles. The Bertz CT molecular complexity index is 1030. The van der Waals surface area contributed by atoms with E-state index in [9.17, 15) is 9.18 Å². The highest BCUT2D eigenvalue weighted by Crippen LogP contribution is 2.34. The number of rotatable bonds is 5. The zero-order chi connectivity index (χ0) is 19.7. The second-order valence-corrected chi connectivity index (χ2v) is 6.98. The molecule has 1 unspecified atom stereocenters. The summed E-state index contributed by atoms with van der Waals surface area (Å²) < 4.78 is 14.0. The van der Waals surface area contributed by atoms with Gasteiger partial charge in [-0.15, -0.1) is 0 Å². The second-order valence-electron chi connectivity index (χ2n) is 6.98. The number of ketones is 1. The van der Waals surface area contributed by atoms with E-state index in [2.05, 4.69) is 15.6 Å². The first-order valence-corrected chi connectivity index (χ1v) is 9.11. The number of Topliss-reactive ketones (excluding diaryl/α,β-unsaturated/α-hetero) is 1. The minimum atomic E-state index is -0.493. The fourth-order valence-electron chi connectivity index (χ4n) is 3.36. The molecule has 0 radical (unpaired) electrons. The Hall–Kier alpha value is -3.41. The molecule has 0 bridgehead atoms. The molecule has 5 nitrogen and oxygen atoms in total. The Balaban J connectivity index is 1.56. The van der Waals surface area contributed by atoms with Gasteiger partial charge in [0.25, 0.3) is 0 Å². The van der Waals surface area contributed by atoms with Crippen LogP contribution < -0.4 is 15.5 Å². The van der Waals surface area contributed by atoms with Crippen molar-refractivity contribution in [3.63, 3.8) is 0 Å². The molecule has 6 heteroatoms. The molecule has 2 heterocycles. The van der Waals surface area contributed by atoms with Crippen LogP contribution in [0.4, 0.5) is 27.4 Å². The Labute approximate surface area is 163 Å². The maximum Gasteiger partial charge on any atom is 0.175 e. The summed E-state index contributed by atoms with van der Waals surface area (Å²) in [6.07, 6.45) is 0. The molecule has 0 saturated carbocycles. The van der Waals surface area contributed by atoms with Crippen LogP contribution in [0.5, 0.6) is 0 Å². The Morgan fingerprint density at radius 2 is 1.96 bits per heavy atom. The first-order chi connectivity index (χ1) is 13.5. The van der Waals surface area contributed by atoms with Crippen molar-refractivity contribution in [2.24, 2.45) is 0 Å². The van der Waals surface area contributed by atoms with Crippen LogP contribution in [0.1, 0.15) is 21.8 Å². The summed E-state index contributed by atoms with van der Waals surface area (Å²) in [6.45, 7) is 0.412. The van der Waals surface area contributed by atoms with Gasteiger partial charge in [-0.2, -0.15) is 0 Å². The van der Waals surface area contributed by atoms with Crippen molar-refractivity contribution in [3.05, 3.63) is 77.6 Å². The van der Waals surface area contributed by atoms with Gasteiger partial charge in [0.15, 0.2) is 5.78 Å². The highest BCUT2D eigenvalue weighted by atomic mass is 19.1. The van der Waals surface area contributed by atoms with Gasteiger partial charge in [0, 0.05) is 37.6 Å². The van der Waals surface area contributed by atoms with Gasteiger partial charge in [0.2, 0.25) is 0 Å². The van der Waals surface area contributed by atoms with E-state index in [1.165, 1.54) is 12.1 Å². The van der Waals surface area contributed by atoms with Gasteiger partial charge in [-0.1, -0.05) is 24.3 Å². The number of nitrogens with one attached hydrogen (secondary N) is 2. The maximum absolute atomic E-state index is 14.0. The molecule has 142 valence electrons. The largest absolute Gasteiger partial charge is 0.378 e. The minimum Gasteiger partial charge on any atom is -0.378 e. The summed E-state index contributed by atoms with van der Waals surface area (Å²) in [4.78, 5) is 19.4. The summed E-state index contributed by atoms with van der Waals surface area (Å²) in [7, 11) is 3.98. The summed E-state index contributed by atoms with van der Waals surface area (Å²) in [5.41, 5.74) is 2.92. The van der Waals surface area contributed by atoms with Gasteiger partial charge in [-0.05, 0) is 36.4 Å². The zero-order valence-electron chi connectivity index (χ0n) is 15.7. The van der Waals surface area contributed by atoms with E-state index < -0.39 is 11.7 Å². The summed E-state index contributed by atoms with van der Waals surface area (Å²) >= 11 is 0. The van der Waals surface area contributed by atoms with E-state index in [1.807, 2.05) is 55.4 Å². The quantitative estimate of drug-likeness (QED) is 0.646. The third kappa shape index (κ3) is 3.41. The monoisotopic (exact) mass is 376 g/mol. The Morgan fingerprint density at radius 1 is 1.14 bits per heavy atom. The number of anilines is 4. The second kappa shape index (κ2) is 7.31. The van der Waals surface area contributed by atoms with E-state index in [4.69, 9.17) is 0 Å². The average molecular weight is 376 g/mol. The molecule has 1 aliphatic heterocycles. The lowest BCUT2D eigenvalue weighted by atomic mass is 9.93. The van der Waals surface area contributed by atoms with E-state index >= 15 is 0 Å². The molecule has 1 atom stereocenters. The van der Waals surface area contributed by atoms with E-state index in [0.29, 0.717) is 18.2 Å². The van der Waals surface area contributed by atoms with Crippen molar-refractivity contribution in [2.75, 3.05) is 36.2 Å². The smallest absolute Gasteiger partial charge is 0.175 e. The fraction of sp³-hybridized carbons (Fsp3) is 0.182. The molecule has 2 aromatic carbocycles. The van der Waals surface area contributed by atoms with Gasteiger partial charge < -0.3 is 15.5 Å². The third-order valence-corrected chi connectivity index (χ3v) is 4.87. The lowest BCUT2D eigenvalue weighted by Crippen LogP contribution is -2.16. The van der Waals surface area contributed by atoms with Crippen LogP contribution in [-0.2, 0) is 0 Å². The van der Waals surface area contributed by atoms with Crippen LogP contribution in [0.3, 0.4) is 0 Å². The lowest BCUT2D eigenvalue weighted by molar-refractivity contribution is 0.0962. The number of aromatic nitrogens is 1. The third-order valence-electron chi connectivity index (χ3n) is 4.87. The van der Waals surface area contributed by atoms with E-state index in [1.54, 1.807) is 12.1 Å². The van der Waals surface area contributed by atoms with Crippen LogP contribution in [-0.4, -0.2) is 31.4 Å². The van der Waals surface area contributed by atoms with Crippen molar-refractivity contribution in [1.29, 1.82) is 0 Å². The first-order valence-electron chi connectivity index (χ1n) is 9.11. The van der Waals surface area contributed by atoms with Gasteiger partial charge in [0.1, 0.15) is 17.5 Å². The fourth-order valence-corrected chi connectivity index (χ4v) is 3.36. The summed E-state index contributed by atoms with van der Waals surface area (Å²) in [6, 6.07) is 17.8. The molecule has 0 saturated heterocycles. The number of fused-ring (bicyclic) bond motifs is 1. The number of pyridine rings is 1. The highest BCUT2D eigenvalue weighted by Gasteiger charge is 2.31. The average Bonchev–Trinajstić information content (AvgIpc) is 3.11. The van der Waals surface area contributed by atoms with Gasteiger partial charge in [0.05, 0.1) is 11.5 Å². The summed E-state index contributed by atoms with van der Waals surface area (Å²) in [5, 5.41) is 6.46. The van der Waals surface area contributed by atoms with Gasteiger partial charge in [-0.3, -0.25) is 4.79 Å². The van der Waals surface area contributed by atoms with Crippen LogP contribution in [0.2, 0.25) is 0 Å². The number of benzene rings is 2. The van der Waals surface area contributed by atoms with Crippen LogP contribution in [0.25, 0.3) is 0 Å². The van der Waals surface area contributed by atoms with Crippen molar-refractivity contribution in [2.45, 2.75) is 5.92 Å². The molecule has 0 amide bonds. The number of hydrogen-bond acceptors (Lipinski definition) is 5. The van der Waals surface area contributed by atoms with Crippen LogP contribution in [0, 0.1) is 5.82 Å². The molecular formula is C22H21FN4O. The van der Waals surface area contributed by atoms with Crippen molar-refractivity contribution in [1.82, 2.24) is 4.98 Å². The lowest BCUT2D eigenvalue weighted by Gasteiger charge is -2.14. The van der Waals surface area contributed by atoms with E-state index in [0.717, 1.165) is 16.9 Å². The topological polar surface area (TPSA) is 57.3 Å². The van der Waals surface area contributed by atoms with Crippen molar-refractivity contribution in [3.8, 4) is 0 Å². The standard InChI is InChI=1S/C22H21FN4O/c1-27(2)15-7-5-6-14(12-15)25-20-11-10-16-18(13-24-22(16)26-20)21(28)17-8-3-4-9-19(17)23/h3-12,18H,13H2,1-2H3,(H2,24,25,26). The number of carbonyl (C=O) groups excluding carboxylic acids is 1. The van der Waals surface area contributed by atoms with Gasteiger partial charge >= 0.3 is 0 Å². The zero-order valence-corrected chi connectivity index (χ0v) is 15.7. The first kappa shape index (κ1) is 18.0. The molecule has 0 spiro atoms. The molecule has 28 heavy (non-hydrogen) atoms. The maximum atomic E-state index is 14.0. The van der Waals surface area contributed by atoms with Gasteiger partial charge in [-0.25, -0.2) is 9.37 Å². The highest BCUT2D eigenvalue weighted by molar-refractivity contribution is 6.03. The number of nitrogens with zero attached hydrogens (tertiary/aromatic N) is 2. The minimum absolute atomic E-state index is 0.116. The molecule has 2 N–H and O–H groups in total. The van der Waals surface area contributed by atoms with Crippen molar-refractivity contribution >= 4 is 28.8 Å². The molecule has 4 rings (SSSR count). The molecule has 1 aliphatic rings. The molecule has 3 aromatic rings. The normalized spacial score (nSPS) is 14.9. The Morgan fingerprint density at radius 3 is 2.75 bits per heavy atom. The van der Waals surface area contributed by atoms with Crippen molar-refractivity contribution < 1.29 is 9.18 Å². The number of hydrogen-bond donors (Lipinski definition) is 2. The summed E-state index contributed by atoms with van der Waals surface area (Å²) in [5.74, 6) is 0.175. The van der Waals surface area contributed by atoms with E-state index in [-0.39, 0.29) is 11.3 Å². The number of halogens is 1. The molecule has 0 fully saturated rings. The van der Waals surface area contributed by atoms with Crippen LogP contribution in [0.15, 0.2) is 60.7 Å². The molecular weight excluding hydrogens is 355 g/mol. The number of carbonyl (C=O) groups is 1. The Kier molecular flexibility index (Phi) is 4.69. The predicted molar refractivity (Wildman–Crippen MR) is 110 cm³/mol. The molecule has 1 aromatic heterocycles. The SMILES string of the molecule is CN(C)c1cccc(Nc2ccc3c(n2)NCC3C(=O)c2ccccc2F)c1.